The fraction of sp³-hybridized carbons (Fsp3) is 0.455. The van der Waals surface area contributed by atoms with Gasteiger partial charge in [0.15, 0.2) is 6.29 Å². The Hall–Kier alpha value is -3.36. The first-order valence-corrected chi connectivity index (χ1v) is 18.6. The van der Waals surface area contributed by atoms with Crippen LogP contribution in [-0.2, 0) is 54.8 Å². The van der Waals surface area contributed by atoms with E-state index in [0.717, 1.165) is 59.3 Å². The molecule has 4 bridgehead atoms. The molecule has 5 atom stereocenters. The van der Waals surface area contributed by atoms with Crippen molar-refractivity contribution in [2.24, 2.45) is 17.8 Å². The third-order valence-corrected chi connectivity index (χ3v) is 11.2. The molecule has 0 aromatic heterocycles. The molecule has 6 nitrogen and oxygen atoms in total. The van der Waals surface area contributed by atoms with Crippen LogP contribution >= 0.6 is 0 Å². The van der Waals surface area contributed by atoms with Gasteiger partial charge in [-0.15, -0.1) is 0 Å². The molecule has 262 valence electrons. The summed E-state index contributed by atoms with van der Waals surface area (Å²) in [4.78, 5) is 0. The highest BCUT2D eigenvalue weighted by Crippen LogP contribution is 2.58. The van der Waals surface area contributed by atoms with Gasteiger partial charge in [0.25, 0.3) is 0 Å². The van der Waals surface area contributed by atoms with Crippen LogP contribution in [0.4, 0.5) is 0 Å². The zero-order valence-electron chi connectivity index (χ0n) is 28.9. The van der Waals surface area contributed by atoms with E-state index < -0.39 is 30.7 Å². The van der Waals surface area contributed by atoms with Gasteiger partial charge in [-0.3, -0.25) is 0 Å². The van der Waals surface area contributed by atoms with E-state index in [1.165, 1.54) is 19.3 Å². The highest BCUT2D eigenvalue weighted by Gasteiger charge is 2.56. The van der Waals surface area contributed by atoms with Crippen LogP contribution in [0.3, 0.4) is 0 Å². The fourth-order valence-corrected chi connectivity index (χ4v) is 9.26. The molecule has 0 radical (unpaired) electrons. The summed E-state index contributed by atoms with van der Waals surface area (Å²) in [5.41, 5.74) is 4.21. The normalized spacial score (nSPS) is 31.5. The zero-order chi connectivity index (χ0) is 33.6. The van der Waals surface area contributed by atoms with E-state index in [-0.39, 0.29) is 5.60 Å². The molecule has 9 rings (SSSR count). The lowest BCUT2D eigenvalue weighted by Crippen LogP contribution is -2.64. The van der Waals surface area contributed by atoms with Crippen LogP contribution in [0, 0.1) is 17.8 Å². The molecule has 5 aliphatic rings. The van der Waals surface area contributed by atoms with Crippen molar-refractivity contribution in [2.75, 3.05) is 6.61 Å². The second kappa shape index (κ2) is 15.9. The van der Waals surface area contributed by atoms with Gasteiger partial charge in [-0.25, -0.2) is 0 Å². The van der Waals surface area contributed by atoms with E-state index in [1.807, 2.05) is 48.5 Å². The average Bonchev–Trinajstić information content (AvgIpc) is 3.14. The Morgan fingerprint density at radius 3 is 1.34 bits per heavy atom. The topological polar surface area (TPSA) is 55.4 Å². The predicted molar refractivity (Wildman–Crippen MR) is 192 cm³/mol. The van der Waals surface area contributed by atoms with Gasteiger partial charge < -0.3 is 28.4 Å². The molecular weight excluding hydrogens is 624 g/mol. The highest BCUT2D eigenvalue weighted by atomic mass is 16.7. The first kappa shape index (κ1) is 33.8. The van der Waals surface area contributed by atoms with Crippen molar-refractivity contribution < 1.29 is 28.4 Å². The Balaban J connectivity index is 1.11. The highest BCUT2D eigenvalue weighted by molar-refractivity contribution is 5.17. The fourth-order valence-electron chi connectivity index (χ4n) is 9.26. The Labute approximate surface area is 297 Å². The van der Waals surface area contributed by atoms with Crippen LogP contribution in [0.2, 0.25) is 0 Å². The van der Waals surface area contributed by atoms with Crippen molar-refractivity contribution >= 4 is 0 Å². The van der Waals surface area contributed by atoms with Crippen LogP contribution in [0.5, 0.6) is 0 Å². The molecule has 0 spiro atoms. The monoisotopic (exact) mass is 674 g/mol. The van der Waals surface area contributed by atoms with Gasteiger partial charge in [-0.2, -0.15) is 0 Å². The summed E-state index contributed by atoms with van der Waals surface area (Å²) in [7, 11) is 0. The van der Waals surface area contributed by atoms with E-state index in [2.05, 4.69) is 72.8 Å². The summed E-state index contributed by atoms with van der Waals surface area (Å²) in [5.74, 6) is 2.22. The number of hydrogen-bond acceptors (Lipinski definition) is 6. The van der Waals surface area contributed by atoms with Crippen molar-refractivity contribution in [3.8, 4) is 0 Å². The summed E-state index contributed by atoms with van der Waals surface area (Å²) in [6.45, 7) is 2.08. The summed E-state index contributed by atoms with van der Waals surface area (Å²) in [6.07, 6.45) is 4.82. The molecule has 6 heteroatoms. The molecule has 0 N–H and O–H groups in total. The molecule has 4 aliphatic carbocycles. The minimum absolute atomic E-state index is 0.190. The largest absolute Gasteiger partial charge is 0.374 e. The standard InChI is InChI=1S/C44H50O6/c1-5-13-32(14-6-1)27-45-31-39-40(46-28-33-15-7-2-8-16-33)41(47-29-34-17-9-3-10-18-34)42(48-30-35-19-11-4-12-20-35)43(49-39)50-44-24-36-21-37(25-44)23-38(22-36)26-44/h1-20,36-43H,21-31H2/t36?,37?,38?,39-,40-,41+,42-,43-,44?/m1/s1. The molecule has 0 unspecified atom stereocenters. The quantitative estimate of drug-likeness (QED) is 0.126. The lowest BCUT2D eigenvalue weighted by atomic mass is 9.54. The maximum atomic E-state index is 7.34. The van der Waals surface area contributed by atoms with Gasteiger partial charge in [0.2, 0.25) is 0 Å². The van der Waals surface area contributed by atoms with E-state index in [0.29, 0.717) is 33.0 Å². The maximum Gasteiger partial charge on any atom is 0.187 e. The van der Waals surface area contributed by atoms with Gasteiger partial charge in [-0.05, 0) is 78.5 Å². The minimum atomic E-state index is -0.627. The van der Waals surface area contributed by atoms with Gasteiger partial charge >= 0.3 is 0 Å². The van der Waals surface area contributed by atoms with Gasteiger partial charge in [0.1, 0.15) is 24.4 Å². The van der Waals surface area contributed by atoms with Crippen molar-refractivity contribution in [1.29, 1.82) is 0 Å². The molecule has 50 heavy (non-hydrogen) atoms. The number of ether oxygens (including phenoxy) is 6. The molecule has 5 fully saturated rings. The third-order valence-electron chi connectivity index (χ3n) is 11.2. The maximum absolute atomic E-state index is 7.34. The van der Waals surface area contributed by atoms with Crippen LogP contribution in [-0.4, -0.2) is 42.9 Å². The third kappa shape index (κ3) is 8.23. The molecule has 4 saturated carbocycles. The number of rotatable bonds is 15. The van der Waals surface area contributed by atoms with Crippen LogP contribution in [0.1, 0.15) is 60.8 Å². The Bertz CT molecular complexity index is 1560. The minimum Gasteiger partial charge on any atom is -0.374 e. The van der Waals surface area contributed by atoms with E-state index in [1.54, 1.807) is 0 Å². The van der Waals surface area contributed by atoms with E-state index >= 15 is 0 Å². The van der Waals surface area contributed by atoms with E-state index in [9.17, 15) is 0 Å². The van der Waals surface area contributed by atoms with Crippen LogP contribution in [0.25, 0.3) is 0 Å². The summed E-state index contributed by atoms with van der Waals surface area (Å²) in [5, 5.41) is 0. The molecule has 0 amide bonds. The first-order valence-electron chi connectivity index (χ1n) is 18.6. The first-order chi connectivity index (χ1) is 24.7. The molecule has 1 aliphatic heterocycles. The summed E-state index contributed by atoms with van der Waals surface area (Å²) < 4.78 is 41.5. The van der Waals surface area contributed by atoms with Crippen LogP contribution < -0.4 is 0 Å². The summed E-state index contributed by atoms with van der Waals surface area (Å²) in [6, 6.07) is 41.2. The Morgan fingerprint density at radius 1 is 0.480 bits per heavy atom. The molecule has 4 aromatic rings. The van der Waals surface area contributed by atoms with Crippen LogP contribution in [0.15, 0.2) is 121 Å². The number of hydrogen-bond donors (Lipinski definition) is 0. The molecule has 4 aromatic carbocycles. The predicted octanol–water partition coefficient (Wildman–Crippen LogP) is 8.67. The Morgan fingerprint density at radius 2 is 0.880 bits per heavy atom. The smallest absolute Gasteiger partial charge is 0.187 e. The lowest BCUT2D eigenvalue weighted by molar-refractivity contribution is -0.360. The van der Waals surface area contributed by atoms with Gasteiger partial charge in [0.05, 0.1) is 38.6 Å². The van der Waals surface area contributed by atoms with Crippen molar-refractivity contribution in [3.05, 3.63) is 144 Å². The number of benzene rings is 4. The second-order valence-electron chi connectivity index (χ2n) is 15.0. The zero-order valence-corrected chi connectivity index (χ0v) is 28.9. The van der Waals surface area contributed by atoms with E-state index in [4.69, 9.17) is 28.4 Å². The van der Waals surface area contributed by atoms with Gasteiger partial charge in [0, 0.05) is 0 Å². The lowest BCUT2D eigenvalue weighted by Gasteiger charge is -2.58. The van der Waals surface area contributed by atoms with Gasteiger partial charge in [-0.1, -0.05) is 121 Å². The van der Waals surface area contributed by atoms with Crippen molar-refractivity contribution in [3.63, 3.8) is 0 Å². The molecule has 1 saturated heterocycles. The molecule has 1 heterocycles. The summed E-state index contributed by atoms with van der Waals surface area (Å²) >= 11 is 0. The second-order valence-corrected chi connectivity index (χ2v) is 15.0. The SMILES string of the molecule is c1ccc(COC[C@H]2O[C@H](OC34CC5CC(CC(C5)C3)C4)[C@H](OCc3ccccc3)[C@@H](OCc3ccccc3)[C@@H]2OCc2ccccc2)cc1. The van der Waals surface area contributed by atoms with Crippen molar-refractivity contribution in [1.82, 2.24) is 0 Å². The average molecular weight is 675 g/mol. The van der Waals surface area contributed by atoms with Crippen molar-refractivity contribution in [2.45, 2.75) is 101 Å². The molecular formula is C44H50O6. The Kier molecular flexibility index (Phi) is 10.7.